The molecule has 0 saturated carbocycles. The number of benzene rings is 1. The Morgan fingerprint density at radius 1 is 1.26 bits per heavy atom. The van der Waals surface area contributed by atoms with Crippen LogP contribution < -0.4 is 5.73 Å². The highest BCUT2D eigenvalue weighted by atomic mass is 15.3. The second-order valence-electron chi connectivity index (χ2n) is 6.29. The summed E-state index contributed by atoms with van der Waals surface area (Å²) in [6.45, 7) is 9.62. The van der Waals surface area contributed by atoms with E-state index < -0.39 is 0 Å². The maximum atomic E-state index is 6.25. The Bertz CT molecular complexity index is 549. The Hall–Kier alpha value is -1.35. The van der Waals surface area contributed by atoms with Gasteiger partial charge in [0.25, 0.3) is 0 Å². The van der Waals surface area contributed by atoms with Crippen molar-refractivity contribution in [2.75, 3.05) is 0 Å². The monoisotopic (exact) mass is 259 g/mol. The molecule has 0 radical (unpaired) electrons. The Kier molecular flexibility index (Phi) is 3.95. The van der Waals surface area contributed by atoms with Crippen LogP contribution in [0.25, 0.3) is 10.9 Å². The number of aryl methyl sites for hydroxylation is 2. The van der Waals surface area contributed by atoms with Crippen molar-refractivity contribution in [3.05, 3.63) is 30.0 Å². The minimum atomic E-state index is 0.156. The van der Waals surface area contributed by atoms with Gasteiger partial charge in [-0.1, -0.05) is 39.0 Å². The van der Waals surface area contributed by atoms with E-state index in [1.54, 1.807) is 0 Å². The van der Waals surface area contributed by atoms with Crippen LogP contribution in [-0.2, 0) is 13.0 Å². The fraction of sp³-hybridized carbons (Fsp3) is 0.562. The van der Waals surface area contributed by atoms with Gasteiger partial charge in [0, 0.05) is 18.0 Å². The van der Waals surface area contributed by atoms with Gasteiger partial charge in [0.1, 0.15) is 0 Å². The Morgan fingerprint density at radius 2 is 1.95 bits per heavy atom. The quantitative estimate of drug-likeness (QED) is 0.915. The largest absolute Gasteiger partial charge is 0.327 e. The van der Waals surface area contributed by atoms with Crippen molar-refractivity contribution in [1.29, 1.82) is 0 Å². The molecule has 0 spiro atoms. The van der Waals surface area contributed by atoms with Crippen LogP contribution in [0.2, 0.25) is 0 Å². The highest BCUT2D eigenvalue weighted by Crippen LogP contribution is 2.24. The summed E-state index contributed by atoms with van der Waals surface area (Å²) < 4.78 is 2.08. The normalized spacial score (nSPS) is 13.9. The molecule has 1 aromatic heterocycles. The van der Waals surface area contributed by atoms with E-state index in [0.29, 0.717) is 0 Å². The lowest BCUT2D eigenvalue weighted by Crippen LogP contribution is -2.35. The van der Waals surface area contributed by atoms with Crippen LogP contribution in [0.3, 0.4) is 0 Å². The van der Waals surface area contributed by atoms with E-state index in [1.807, 2.05) is 0 Å². The summed E-state index contributed by atoms with van der Waals surface area (Å²) in [5, 5.41) is 5.99. The Labute approximate surface area is 115 Å². The minimum Gasteiger partial charge on any atom is -0.327 e. The van der Waals surface area contributed by atoms with Gasteiger partial charge >= 0.3 is 0 Å². The van der Waals surface area contributed by atoms with Crippen LogP contribution in [-0.4, -0.2) is 15.8 Å². The summed E-state index contributed by atoms with van der Waals surface area (Å²) in [5.41, 5.74) is 8.81. The molecule has 0 amide bonds. The molecular formula is C16H25N3. The SMILES string of the molecule is CCn1nc(CCC(N)C(C)(C)C)c2ccccc21. The second-order valence-corrected chi connectivity index (χ2v) is 6.29. The highest BCUT2D eigenvalue weighted by Gasteiger charge is 2.21. The van der Waals surface area contributed by atoms with Crippen molar-refractivity contribution in [2.45, 2.75) is 53.1 Å². The van der Waals surface area contributed by atoms with Gasteiger partial charge in [-0.05, 0) is 31.2 Å². The van der Waals surface area contributed by atoms with Crippen molar-refractivity contribution in [3.8, 4) is 0 Å². The lowest BCUT2D eigenvalue weighted by atomic mass is 9.84. The zero-order valence-electron chi connectivity index (χ0n) is 12.5. The first-order valence-corrected chi connectivity index (χ1v) is 7.13. The molecular weight excluding hydrogens is 234 g/mol. The van der Waals surface area contributed by atoms with Crippen LogP contribution in [0.5, 0.6) is 0 Å². The zero-order valence-corrected chi connectivity index (χ0v) is 12.5. The fourth-order valence-electron chi connectivity index (χ4n) is 2.35. The van der Waals surface area contributed by atoms with Crippen molar-refractivity contribution < 1.29 is 0 Å². The molecule has 0 saturated heterocycles. The van der Waals surface area contributed by atoms with E-state index in [2.05, 4.69) is 56.6 Å². The van der Waals surface area contributed by atoms with Crippen molar-refractivity contribution in [1.82, 2.24) is 9.78 Å². The molecule has 2 aromatic rings. The number of aromatic nitrogens is 2. The first-order chi connectivity index (χ1) is 8.93. The summed E-state index contributed by atoms with van der Waals surface area (Å²) in [4.78, 5) is 0. The zero-order chi connectivity index (χ0) is 14.0. The third-order valence-electron chi connectivity index (χ3n) is 3.84. The van der Waals surface area contributed by atoms with E-state index in [4.69, 9.17) is 10.8 Å². The first-order valence-electron chi connectivity index (χ1n) is 7.13. The molecule has 0 aliphatic rings. The van der Waals surface area contributed by atoms with Gasteiger partial charge in [-0.2, -0.15) is 5.10 Å². The van der Waals surface area contributed by atoms with Crippen molar-refractivity contribution >= 4 is 10.9 Å². The van der Waals surface area contributed by atoms with E-state index in [-0.39, 0.29) is 11.5 Å². The second kappa shape index (κ2) is 5.33. The van der Waals surface area contributed by atoms with Gasteiger partial charge < -0.3 is 5.73 Å². The average Bonchev–Trinajstić information content (AvgIpc) is 2.73. The highest BCUT2D eigenvalue weighted by molar-refractivity contribution is 5.81. The molecule has 1 atom stereocenters. The molecule has 0 aliphatic heterocycles. The lowest BCUT2D eigenvalue weighted by molar-refractivity contribution is 0.305. The molecule has 1 heterocycles. The Balaban J connectivity index is 2.22. The molecule has 1 unspecified atom stereocenters. The Morgan fingerprint density at radius 3 is 2.58 bits per heavy atom. The van der Waals surface area contributed by atoms with Crippen LogP contribution in [0.1, 0.15) is 39.8 Å². The summed E-state index contributed by atoms with van der Waals surface area (Å²) in [6.07, 6.45) is 1.93. The van der Waals surface area contributed by atoms with E-state index in [1.165, 1.54) is 16.6 Å². The third-order valence-corrected chi connectivity index (χ3v) is 3.84. The van der Waals surface area contributed by atoms with Gasteiger partial charge in [-0.15, -0.1) is 0 Å². The molecule has 19 heavy (non-hydrogen) atoms. The van der Waals surface area contributed by atoms with Crippen LogP contribution in [0, 0.1) is 5.41 Å². The smallest absolute Gasteiger partial charge is 0.0703 e. The van der Waals surface area contributed by atoms with E-state index in [0.717, 1.165) is 19.4 Å². The topological polar surface area (TPSA) is 43.8 Å². The van der Waals surface area contributed by atoms with Gasteiger partial charge in [0.2, 0.25) is 0 Å². The predicted octanol–water partition coefficient (Wildman–Crippen LogP) is 3.36. The maximum Gasteiger partial charge on any atom is 0.0703 e. The molecule has 0 fully saturated rings. The van der Waals surface area contributed by atoms with E-state index >= 15 is 0 Å². The fourth-order valence-corrected chi connectivity index (χ4v) is 2.35. The molecule has 1 aromatic carbocycles. The molecule has 3 nitrogen and oxygen atoms in total. The number of hydrogen-bond donors (Lipinski definition) is 1. The van der Waals surface area contributed by atoms with Gasteiger partial charge in [-0.25, -0.2) is 0 Å². The number of rotatable bonds is 4. The van der Waals surface area contributed by atoms with Gasteiger partial charge in [-0.3, -0.25) is 4.68 Å². The van der Waals surface area contributed by atoms with Gasteiger partial charge in [0.15, 0.2) is 0 Å². The third kappa shape index (κ3) is 2.98. The van der Waals surface area contributed by atoms with E-state index in [9.17, 15) is 0 Å². The molecule has 3 heteroatoms. The molecule has 2 rings (SSSR count). The molecule has 104 valence electrons. The molecule has 0 aliphatic carbocycles. The van der Waals surface area contributed by atoms with Crippen LogP contribution in [0.4, 0.5) is 0 Å². The lowest BCUT2D eigenvalue weighted by Gasteiger charge is -2.26. The number of nitrogens with two attached hydrogens (primary N) is 1. The molecule has 0 bridgehead atoms. The minimum absolute atomic E-state index is 0.156. The number of para-hydroxylation sites is 1. The summed E-state index contributed by atoms with van der Waals surface area (Å²) in [6, 6.07) is 8.65. The van der Waals surface area contributed by atoms with Crippen LogP contribution in [0.15, 0.2) is 24.3 Å². The first kappa shape index (κ1) is 14.1. The average molecular weight is 259 g/mol. The summed E-state index contributed by atoms with van der Waals surface area (Å²) in [5.74, 6) is 0. The summed E-state index contributed by atoms with van der Waals surface area (Å²) >= 11 is 0. The number of nitrogens with zero attached hydrogens (tertiary/aromatic N) is 2. The number of hydrogen-bond acceptors (Lipinski definition) is 2. The van der Waals surface area contributed by atoms with Crippen molar-refractivity contribution in [3.63, 3.8) is 0 Å². The number of fused-ring (bicyclic) bond motifs is 1. The van der Waals surface area contributed by atoms with Crippen molar-refractivity contribution in [2.24, 2.45) is 11.1 Å². The molecule has 2 N–H and O–H groups in total. The predicted molar refractivity (Wildman–Crippen MR) is 81.2 cm³/mol. The van der Waals surface area contributed by atoms with Crippen LogP contribution >= 0.6 is 0 Å². The summed E-state index contributed by atoms with van der Waals surface area (Å²) in [7, 11) is 0. The standard InChI is InChI=1S/C16H25N3/c1-5-19-14-9-7-6-8-12(14)13(18-19)10-11-15(17)16(2,3)4/h6-9,15H,5,10-11,17H2,1-4H3. The van der Waals surface area contributed by atoms with Gasteiger partial charge in [0.05, 0.1) is 11.2 Å². The maximum absolute atomic E-state index is 6.25.